The maximum Gasteiger partial charge on any atom is 0.338 e. The number of thioether (sulfide) groups is 1. The van der Waals surface area contributed by atoms with Gasteiger partial charge in [0.05, 0.1) is 10.5 Å². The van der Waals surface area contributed by atoms with E-state index in [0.717, 1.165) is 10.5 Å². The minimum Gasteiger partial charge on any atom is -0.457 e. The first-order valence-electron chi connectivity index (χ1n) is 6.56. The number of esters is 1. The Morgan fingerprint density at radius 2 is 1.91 bits per heavy atom. The van der Waals surface area contributed by atoms with E-state index in [4.69, 9.17) is 4.74 Å². The number of benzene rings is 2. The fourth-order valence-electron chi connectivity index (χ4n) is 1.94. The molecule has 22 heavy (non-hydrogen) atoms. The van der Waals surface area contributed by atoms with E-state index in [2.05, 4.69) is 0 Å². The second-order valence-corrected chi connectivity index (χ2v) is 5.56. The lowest BCUT2D eigenvalue weighted by Crippen LogP contribution is -2.06. The van der Waals surface area contributed by atoms with E-state index in [-0.39, 0.29) is 12.3 Å². The van der Waals surface area contributed by atoms with Gasteiger partial charge < -0.3 is 4.74 Å². The number of nitro groups is 1. The molecule has 2 aromatic rings. The zero-order valence-electron chi connectivity index (χ0n) is 12.2. The predicted octanol–water partition coefficient (Wildman–Crippen LogP) is 3.98. The van der Waals surface area contributed by atoms with Crippen molar-refractivity contribution in [1.29, 1.82) is 0 Å². The summed E-state index contributed by atoms with van der Waals surface area (Å²) in [4.78, 5) is 23.4. The van der Waals surface area contributed by atoms with Crippen LogP contribution in [0.15, 0.2) is 47.4 Å². The molecular formula is C16H15NO4S. The average molecular weight is 317 g/mol. The smallest absolute Gasteiger partial charge is 0.338 e. The molecule has 2 aromatic carbocycles. The molecule has 0 unspecified atom stereocenters. The first-order chi connectivity index (χ1) is 10.5. The SMILES string of the molecule is CSc1ccc(COC(=O)c2ccc([N+](=O)[O-])c(C)c2)cc1. The zero-order chi connectivity index (χ0) is 16.1. The highest BCUT2D eigenvalue weighted by atomic mass is 32.2. The second kappa shape index (κ2) is 7.09. The van der Waals surface area contributed by atoms with E-state index in [1.807, 2.05) is 30.5 Å². The average Bonchev–Trinajstić information content (AvgIpc) is 2.52. The highest BCUT2D eigenvalue weighted by Gasteiger charge is 2.14. The van der Waals surface area contributed by atoms with Crippen molar-refractivity contribution in [2.45, 2.75) is 18.4 Å². The number of rotatable bonds is 5. The fraction of sp³-hybridized carbons (Fsp3) is 0.188. The van der Waals surface area contributed by atoms with E-state index >= 15 is 0 Å². The van der Waals surface area contributed by atoms with Crippen molar-refractivity contribution < 1.29 is 14.5 Å². The monoisotopic (exact) mass is 317 g/mol. The molecule has 6 heteroatoms. The number of nitro benzene ring substituents is 1. The van der Waals surface area contributed by atoms with E-state index in [1.165, 1.54) is 18.2 Å². The van der Waals surface area contributed by atoms with Crippen molar-refractivity contribution in [2.75, 3.05) is 6.26 Å². The summed E-state index contributed by atoms with van der Waals surface area (Å²) in [5.41, 5.74) is 1.63. The van der Waals surface area contributed by atoms with E-state index in [9.17, 15) is 14.9 Å². The largest absolute Gasteiger partial charge is 0.457 e. The van der Waals surface area contributed by atoms with Crippen LogP contribution in [0.25, 0.3) is 0 Å². The van der Waals surface area contributed by atoms with Gasteiger partial charge in [-0.1, -0.05) is 12.1 Å². The number of nitrogens with zero attached hydrogens (tertiary/aromatic N) is 1. The van der Waals surface area contributed by atoms with Crippen LogP contribution in [0, 0.1) is 17.0 Å². The topological polar surface area (TPSA) is 69.4 Å². The van der Waals surface area contributed by atoms with E-state index < -0.39 is 10.9 Å². The van der Waals surface area contributed by atoms with Crippen LogP contribution < -0.4 is 0 Å². The van der Waals surface area contributed by atoms with Crippen LogP contribution in [0.5, 0.6) is 0 Å². The molecule has 0 heterocycles. The van der Waals surface area contributed by atoms with Crippen molar-refractivity contribution in [3.63, 3.8) is 0 Å². The summed E-state index contributed by atoms with van der Waals surface area (Å²) < 4.78 is 5.23. The molecule has 5 nitrogen and oxygen atoms in total. The van der Waals surface area contributed by atoms with Crippen LogP contribution in [0.3, 0.4) is 0 Å². The highest BCUT2D eigenvalue weighted by molar-refractivity contribution is 7.98. The van der Waals surface area contributed by atoms with Crippen LogP contribution in [0.4, 0.5) is 5.69 Å². The highest BCUT2D eigenvalue weighted by Crippen LogP contribution is 2.20. The summed E-state index contributed by atoms with van der Waals surface area (Å²) in [6, 6.07) is 11.9. The Labute approximate surface area is 132 Å². The molecule has 0 aromatic heterocycles. The first-order valence-corrected chi connectivity index (χ1v) is 7.79. The third-order valence-electron chi connectivity index (χ3n) is 3.16. The predicted molar refractivity (Wildman–Crippen MR) is 85.2 cm³/mol. The van der Waals surface area contributed by atoms with Crippen LogP contribution in [-0.2, 0) is 11.3 Å². The number of aryl methyl sites for hydroxylation is 1. The molecular weight excluding hydrogens is 302 g/mol. The molecule has 0 fully saturated rings. The van der Waals surface area contributed by atoms with Gasteiger partial charge in [-0.3, -0.25) is 10.1 Å². The number of carbonyl (C=O) groups excluding carboxylic acids is 1. The summed E-state index contributed by atoms with van der Waals surface area (Å²) >= 11 is 1.64. The Bertz CT molecular complexity index is 698. The Balaban J connectivity index is 2.02. The third-order valence-corrected chi connectivity index (χ3v) is 3.90. The zero-order valence-corrected chi connectivity index (χ0v) is 13.1. The van der Waals surface area contributed by atoms with E-state index in [0.29, 0.717) is 11.1 Å². The Kier molecular flexibility index (Phi) is 5.16. The molecule has 0 atom stereocenters. The van der Waals surface area contributed by atoms with Crippen LogP contribution in [0.1, 0.15) is 21.5 Å². The van der Waals surface area contributed by atoms with Gasteiger partial charge in [0, 0.05) is 16.5 Å². The molecule has 0 saturated carbocycles. The van der Waals surface area contributed by atoms with Crippen LogP contribution in [-0.4, -0.2) is 17.1 Å². The Morgan fingerprint density at radius 3 is 2.45 bits per heavy atom. The van der Waals surface area contributed by atoms with Crippen molar-refractivity contribution in [2.24, 2.45) is 0 Å². The lowest BCUT2D eigenvalue weighted by molar-refractivity contribution is -0.385. The lowest BCUT2D eigenvalue weighted by Gasteiger charge is -2.06. The Hall–Kier alpha value is -2.34. The number of carbonyl (C=O) groups is 1. The van der Waals surface area contributed by atoms with Gasteiger partial charge in [0.1, 0.15) is 6.61 Å². The maximum absolute atomic E-state index is 12.0. The summed E-state index contributed by atoms with van der Waals surface area (Å²) in [5, 5.41) is 10.8. The molecule has 0 aliphatic rings. The molecule has 0 bridgehead atoms. The van der Waals surface area contributed by atoms with Gasteiger partial charge in [-0.25, -0.2) is 4.79 Å². The van der Waals surface area contributed by atoms with Gasteiger partial charge in [-0.05, 0) is 43.0 Å². The molecule has 0 aliphatic heterocycles. The Morgan fingerprint density at radius 1 is 1.23 bits per heavy atom. The first kappa shape index (κ1) is 16.0. The molecule has 114 valence electrons. The maximum atomic E-state index is 12.0. The van der Waals surface area contributed by atoms with Crippen molar-refractivity contribution >= 4 is 23.4 Å². The number of hydrogen-bond donors (Lipinski definition) is 0. The molecule has 0 amide bonds. The normalized spacial score (nSPS) is 10.3. The van der Waals surface area contributed by atoms with Crippen LogP contribution >= 0.6 is 11.8 Å². The van der Waals surface area contributed by atoms with Crippen LogP contribution in [0.2, 0.25) is 0 Å². The summed E-state index contributed by atoms with van der Waals surface area (Å²) in [5.74, 6) is -0.494. The molecule has 0 aliphatic carbocycles. The molecule has 0 N–H and O–H groups in total. The molecule has 0 saturated heterocycles. The second-order valence-electron chi connectivity index (χ2n) is 4.68. The summed E-state index contributed by atoms with van der Waals surface area (Å²) in [6.07, 6.45) is 1.99. The van der Waals surface area contributed by atoms with E-state index in [1.54, 1.807) is 18.7 Å². The van der Waals surface area contributed by atoms with Crippen molar-refractivity contribution in [1.82, 2.24) is 0 Å². The molecule has 0 spiro atoms. The fourth-order valence-corrected chi connectivity index (χ4v) is 2.35. The van der Waals surface area contributed by atoms with Gasteiger partial charge in [0.15, 0.2) is 0 Å². The van der Waals surface area contributed by atoms with Gasteiger partial charge in [-0.2, -0.15) is 0 Å². The summed E-state index contributed by atoms with van der Waals surface area (Å²) in [6.45, 7) is 1.76. The third kappa shape index (κ3) is 3.85. The molecule has 2 rings (SSSR count). The standard InChI is InChI=1S/C16H15NO4S/c1-11-9-13(5-8-15(11)17(19)20)16(18)21-10-12-3-6-14(22-2)7-4-12/h3-9H,10H2,1-2H3. The lowest BCUT2D eigenvalue weighted by atomic mass is 10.1. The van der Waals surface area contributed by atoms with Gasteiger partial charge >= 0.3 is 5.97 Å². The quantitative estimate of drug-likeness (QED) is 0.361. The number of ether oxygens (including phenoxy) is 1. The minimum absolute atomic E-state index is 0.01000. The summed E-state index contributed by atoms with van der Waals surface area (Å²) in [7, 11) is 0. The van der Waals surface area contributed by atoms with Crippen molar-refractivity contribution in [3.05, 3.63) is 69.3 Å². The van der Waals surface area contributed by atoms with Gasteiger partial charge in [0.25, 0.3) is 5.69 Å². The number of hydrogen-bond acceptors (Lipinski definition) is 5. The van der Waals surface area contributed by atoms with Crippen molar-refractivity contribution in [3.8, 4) is 0 Å². The minimum atomic E-state index is -0.494. The van der Waals surface area contributed by atoms with Gasteiger partial charge in [-0.15, -0.1) is 11.8 Å². The molecule has 0 radical (unpaired) electrons. The van der Waals surface area contributed by atoms with Gasteiger partial charge in [0.2, 0.25) is 0 Å².